The number of aromatic nitrogens is 1. The van der Waals surface area contributed by atoms with E-state index in [2.05, 4.69) is 10.3 Å². The maximum Gasteiger partial charge on any atom is 0.253 e. The molecule has 2 aromatic rings. The molecule has 1 amide bonds. The lowest BCUT2D eigenvalue weighted by molar-refractivity contribution is 0.0796. The molecule has 0 atom stereocenters. The molecule has 22 heavy (non-hydrogen) atoms. The second-order valence-electron chi connectivity index (χ2n) is 5.01. The van der Waals surface area contributed by atoms with Gasteiger partial charge in [0.2, 0.25) is 0 Å². The number of carbonyl (C=O) groups excluding carboxylic acids is 1. The quantitative estimate of drug-likeness (QED) is 0.849. The van der Waals surface area contributed by atoms with Crippen LogP contribution < -0.4 is 10.1 Å². The summed E-state index contributed by atoms with van der Waals surface area (Å²) in [5, 5.41) is 3.03. The van der Waals surface area contributed by atoms with Crippen molar-refractivity contribution in [1.29, 1.82) is 0 Å². The van der Waals surface area contributed by atoms with Crippen molar-refractivity contribution in [3.05, 3.63) is 59.9 Å². The molecule has 5 heteroatoms. The maximum atomic E-state index is 12.3. The Labute approximate surface area is 130 Å². The Bertz CT molecular complexity index is 602. The Morgan fingerprint density at radius 3 is 2.91 bits per heavy atom. The first-order valence-corrected chi connectivity index (χ1v) is 7.22. The van der Waals surface area contributed by atoms with Crippen LogP contribution in [0.1, 0.15) is 15.9 Å². The number of hydrogen-bond acceptors (Lipinski definition) is 4. The topological polar surface area (TPSA) is 54.5 Å². The largest absolute Gasteiger partial charge is 0.489 e. The molecular formula is C17H21N3O2. The monoisotopic (exact) mass is 299 g/mol. The van der Waals surface area contributed by atoms with Gasteiger partial charge in [-0.15, -0.1) is 0 Å². The number of carbonyl (C=O) groups is 1. The van der Waals surface area contributed by atoms with E-state index < -0.39 is 0 Å². The molecule has 0 aliphatic heterocycles. The molecule has 0 spiro atoms. The molecule has 116 valence electrons. The third-order valence-corrected chi connectivity index (χ3v) is 3.25. The standard InChI is InChI=1S/C17H21N3O2/c1-18-9-10-20(2)17(21)15-6-3-7-16(11-15)22-13-14-5-4-8-19-12-14/h3-8,11-12,18H,9-10,13H2,1-2H3. The third kappa shape index (κ3) is 4.56. The van der Waals surface area contributed by atoms with Gasteiger partial charge in [-0.2, -0.15) is 0 Å². The summed E-state index contributed by atoms with van der Waals surface area (Å²) in [5.41, 5.74) is 1.62. The van der Waals surface area contributed by atoms with E-state index in [-0.39, 0.29) is 5.91 Å². The molecule has 0 saturated heterocycles. The Kier molecular flexibility index (Phi) is 5.91. The summed E-state index contributed by atoms with van der Waals surface area (Å²) in [5.74, 6) is 0.666. The molecule has 1 heterocycles. The van der Waals surface area contributed by atoms with Crippen molar-refractivity contribution in [1.82, 2.24) is 15.2 Å². The molecule has 2 rings (SSSR count). The van der Waals surface area contributed by atoms with E-state index in [1.165, 1.54) is 0 Å². The highest BCUT2D eigenvalue weighted by molar-refractivity contribution is 5.94. The minimum Gasteiger partial charge on any atom is -0.489 e. The van der Waals surface area contributed by atoms with Crippen LogP contribution in [0.15, 0.2) is 48.8 Å². The summed E-state index contributed by atoms with van der Waals surface area (Å²) < 4.78 is 5.72. The van der Waals surface area contributed by atoms with Gasteiger partial charge in [-0.3, -0.25) is 9.78 Å². The smallest absolute Gasteiger partial charge is 0.253 e. The Morgan fingerprint density at radius 1 is 1.32 bits per heavy atom. The van der Waals surface area contributed by atoms with Gasteiger partial charge in [0.1, 0.15) is 12.4 Å². The van der Waals surface area contributed by atoms with E-state index in [9.17, 15) is 4.79 Å². The number of amides is 1. The normalized spacial score (nSPS) is 10.3. The van der Waals surface area contributed by atoms with Gasteiger partial charge in [0.25, 0.3) is 5.91 Å². The molecule has 0 saturated carbocycles. The average molecular weight is 299 g/mol. The lowest BCUT2D eigenvalue weighted by Gasteiger charge is -2.17. The molecule has 1 N–H and O–H groups in total. The SMILES string of the molecule is CNCCN(C)C(=O)c1cccc(OCc2cccnc2)c1. The maximum absolute atomic E-state index is 12.3. The first-order valence-electron chi connectivity index (χ1n) is 7.22. The van der Waals surface area contributed by atoms with E-state index in [0.29, 0.717) is 24.5 Å². The number of ether oxygens (including phenoxy) is 1. The van der Waals surface area contributed by atoms with Gasteiger partial charge in [0.15, 0.2) is 0 Å². The molecule has 1 aromatic carbocycles. The van der Waals surface area contributed by atoms with Crippen molar-refractivity contribution < 1.29 is 9.53 Å². The zero-order chi connectivity index (χ0) is 15.8. The van der Waals surface area contributed by atoms with E-state index in [1.54, 1.807) is 36.5 Å². The van der Waals surface area contributed by atoms with E-state index in [4.69, 9.17) is 4.74 Å². The van der Waals surface area contributed by atoms with Gasteiger partial charge in [-0.05, 0) is 31.3 Å². The van der Waals surface area contributed by atoms with Crippen LogP contribution in [-0.2, 0) is 6.61 Å². The fourth-order valence-corrected chi connectivity index (χ4v) is 1.97. The molecule has 0 bridgehead atoms. The number of rotatable bonds is 7. The van der Waals surface area contributed by atoms with Gasteiger partial charge >= 0.3 is 0 Å². The van der Waals surface area contributed by atoms with Gasteiger partial charge in [0, 0.05) is 43.7 Å². The molecule has 0 aliphatic rings. The second-order valence-corrected chi connectivity index (χ2v) is 5.01. The van der Waals surface area contributed by atoms with E-state index in [0.717, 1.165) is 12.1 Å². The van der Waals surface area contributed by atoms with Gasteiger partial charge in [-0.1, -0.05) is 12.1 Å². The number of likely N-dealkylation sites (N-methyl/N-ethyl adjacent to an activating group) is 2. The number of benzene rings is 1. The minimum atomic E-state index is -0.0120. The van der Waals surface area contributed by atoms with Gasteiger partial charge in [-0.25, -0.2) is 0 Å². The minimum absolute atomic E-state index is 0.0120. The van der Waals surface area contributed by atoms with Gasteiger partial charge < -0.3 is 15.0 Å². The zero-order valence-corrected chi connectivity index (χ0v) is 13.0. The van der Waals surface area contributed by atoms with Crippen LogP contribution in [0.3, 0.4) is 0 Å². The van der Waals surface area contributed by atoms with Crippen molar-refractivity contribution >= 4 is 5.91 Å². The highest BCUT2D eigenvalue weighted by atomic mass is 16.5. The molecule has 5 nitrogen and oxygen atoms in total. The lowest BCUT2D eigenvalue weighted by Crippen LogP contribution is -2.32. The molecule has 0 radical (unpaired) electrons. The number of nitrogens with one attached hydrogen (secondary N) is 1. The summed E-state index contributed by atoms with van der Waals surface area (Å²) in [7, 11) is 3.66. The van der Waals surface area contributed by atoms with Crippen LogP contribution in [0.2, 0.25) is 0 Å². The Morgan fingerprint density at radius 2 is 2.18 bits per heavy atom. The molecule has 1 aromatic heterocycles. The van der Waals surface area contributed by atoms with Crippen molar-refractivity contribution in [3.8, 4) is 5.75 Å². The third-order valence-electron chi connectivity index (χ3n) is 3.25. The predicted octanol–water partition coefficient (Wildman–Crippen LogP) is 1.95. The van der Waals surface area contributed by atoms with Crippen molar-refractivity contribution in [3.63, 3.8) is 0 Å². The number of hydrogen-bond donors (Lipinski definition) is 1. The van der Waals surface area contributed by atoms with Crippen LogP contribution in [0.4, 0.5) is 0 Å². The highest BCUT2D eigenvalue weighted by Gasteiger charge is 2.11. The summed E-state index contributed by atoms with van der Waals surface area (Å²) in [4.78, 5) is 18.0. The fraction of sp³-hybridized carbons (Fsp3) is 0.294. The highest BCUT2D eigenvalue weighted by Crippen LogP contribution is 2.16. The lowest BCUT2D eigenvalue weighted by atomic mass is 10.2. The second kappa shape index (κ2) is 8.14. The molecule has 0 aliphatic carbocycles. The average Bonchev–Trinajstić information content (AvgIpc) is 2.58. The van der Waals surface area contributed by atoms with E-state index >= 15 is 0 Å². The fourth-order valence-electron chi connectivity index (χ4n) is 1.97. The van der Waals surface area contributed by atoms with Crippen LogP contribution in [0, 0.1) is 0 Å². The summed E-state index contributed by atoms with van der Waals surface area (Å²) in [6.45, 7) is 1.86. The van der Waals surface area contributed by atoms with Crippen LogP contribution in [-0.4, -0.2) is 43.0 Å². The first-order chi connectivity index (χ1) is 10.7. The predicted molar refractivity (Wildman–Crippen MR) is 85.9 cm³/mol. The molecule has 0 fully saturated rings. The summed E-state index contributed by atoms with van der Waals surface area (Å²) >= 11 is 0. The Hall–Kier alpha value is -2.40. The Balaban J connectivity index is 1.98. The number of pyridine rings is 1. The van der Waals surface area contributed by atoms with Crippen molar-refractivity contribution in [2.24, 2.45) is 0 Å². The summed E-state index contributed by atoms with van der Waals surface area (Å²) in [6.07, 6.45) is 3.49. The van der Waals surface area contributed by atoms with Gasteiger partial charge in [0.05, 0.1) is 0 Å². The molecular weight excluding hydrogens is 278 g/mol. The molecule has 0 unspecified atom stereocenters. The first kappa shape index (κ1) is 16.0. The number of nitrogens with zero attached hydrogens (tertiary/aromatic N) is 2. The van der Waals surface area contributed by atoms with Crippen LogP contribution in [0.25, 0.3) is 0 Å². The van der Waals surface area contributed by atoms with Crippen LogP contribution in [0.5, 0.6) is 5.75 Å². The van der Waals surface area contributed by atoms with Crippen molar-refractivity contribution in [2.75, 3.05) is 27.2 Å². The van der Waals surface area contributed by atoms with Crippen LogP contribution >= 0.6 is 0 Å². The van der Waals surface area contributed by atoms with Crippen molar-refractivity contribution in [2.45, 2.75) is 6.61 Å². The summed E-state index contributed by atoms with van der Waals surface area (Å²) in [6, 6.07) is 11.1. The zero-order valence-electron chi connectivity index (χ0n) is 13.0. The van der Waals surface area contributed by atoms with E-state index in [1.807, 2.05) is 31.3 Å².